The largest absolute Gasteiger partial charge is 0.347 e. The monoisotopic (exact) mass is 398 g/mol. The third kappa shape index (κ3) is 2.98. The Morgan fingerprint density at radius 1 is 1.13 bits per heavy atom. The van der Waals surface area contributed by atoms with Crippen LogP contribution in [0.5, 0.6) is 0 Å². The van der Waals surface area contributed by atoms with Crippen LogP contribution in [0.15, 0.2) is 35.7 Å². The molecule has 0 unspecified atom stereocenters. The van der Waals surface area contributed by atoms with Crippen molar-refractivity contribution in [2.75, 3.05) is 0 Å². The summed E-state index contributed by atoms with van der Waals surface area (Å²) in [6, 6.07) is 5.95. The van der Waals surface area contributed by atoms with E-state index in [1.165, 1.54) is 38.5 Å². The van der Waals surface area contributed by atoms with Gasteiger partial charge in [-0.1, -0.05) is 6.07 Å². The molecule has 0 radical (unpaired) electrons. The summed E-state index contributed by atoms with van der Waals surface area (Å²) in [6.45, 7) is 0.587. The van der Waals surface area contributed by atoms with Crippen LogP contribution in [0.25, 0.3) is 0 Å². The normalized spacial score (nSPS) is 30.4. The van der Waals surface area contributed by atoms with Crippen LogP contribution >= 0.6 is 0 Å². The average Bonchev–Trinajstić information content (AvgIpc) is 3.30. The number of nitrogens with zero attached hydrogens (tertiary/aromatic N) is 3. The van der Waals surface area contributed by atoms with Crippen molar-refractivity contribution in [3.63, 3.8) is 0 Å². The van der Waals surface area contributed by atoms with E-state index >= 15 is 0 Å². The predicted molar refractivity (Wildman–Crippen MR) is 115 cm³/mol. The van der Waals surface area contributed by atoms with Crippen molar-refractivity contribution >= 4 is 11.6 Å². The molecule has 5 heteroatoms. The lowest BCUT2D eigenvalue weighted by molar-refractivity contribution is -0.0167. The fourth-order valence-electron chi connectivity index (χ4n) is 6.63. The molecule has 1 N–H and O–H groups in total. The summed E-state index contributed by atoms with van der Waals surface area (Å²) >= 11 is 0. The number of carbonyl (C=O) groups excluding carboxylic acids is 1. The molecule has 0 spiro atoms. The summed E-state index contributed by atoms with van der Waals surface area (Å²) < 4.78 is 1.89. The van der Waals surface area contributed by atoms with Crippen molar-refractivity contribution in [2.45, 2.75) is 50.6 Å². The van der Waals surface area contributed by atoms with Crippen molar-refractivity contribution < 1.29 is 4.79 Å². The van der Waals surface area contributed by atoms with Gasteiger partial charge in [-0.2, -0.15) is 0 Å². The molecule has 4 bridgehead atoms. The van der Waals surface area contributed by atoms with Crippen molar-refractivity contribution in [3.8, 4) is 11.8 Å². The molecule has 4 fully saturated rings. The van der Waals surface area contributed by atoms with Gasteiger partial charge in [-0.05, 0) is 85.8 Å². The van der Waals surface area contributed by atoms with E-state index in [4.69, 9.17) is 0 Å². The first-order valence-corrected chi connectivity index (χ1v) is 11.1. The lowest BCUT2D eigenvalue weighted by Crippen LogP contribution is -2.59. The minimum Gasteiger partial charge on any atom is -0.347 e. The van der Waals surface area contributed by atoms with Gasteiger partial charge in [0.05, 0.1) is 19.1 Å². The van der Waals surface area contributed by atoms with E-state index in [9.17, 15) is 4.79 Å². The third-order valence-electron chi connectivity index (χ3n) is 7.57. The number of carbonyl (C=O) groups is 1. The topological polar surface area (TPSA) is 59.3 Å². The molecule has 0 saturated heterocycles. The molecule has 4 aliphatic carbocycles. The first-order chi connectivity index (χ1) is 14.6. The molecule has 2 heterocycles. The highest BCUT2D eigenvalue weighted by Gasteiger charge is 2.51. The summed E-state index contributed by atoms with van der Waals surface area (Å²) in [5.41, 5.74) is 4.57. The van der Waals surface area contributed by atoms with Gasteiger partial charge in [-0.15, -0.1) is 0 Å². The van der Waals surface area contributed by atoms with Crippen LogP contribution in [0.3, 0.4) is 0 Å². The summed E-state index contributed by atoms with van der Waals surface area (Å²) in [6.07, 6.45) is 11.2. The van der Waals surface area contributed by atoms with E-state index in [1.807, 2.05) is 29.8 Å². The van der Waals surface area contributed by atoms with Gasteiger partial charge in [0.25, 0.3) is 5.91 Å². The van der Waals surface area contributed by atoms with Crippen LogP contribution < -0.4 is 5.32 Å². The summed E-state index contributed by atoms with van der Waals surface area (Å²) in [5, 5.41) is 3.48. The van der Waals surface area contributed by atoms with Gasteiger partial charge < -0.3 is 9.88 Å². The van der Waals surface area contributed by atoms with Gasteiger partial charge in [0.1, 0.15) is 11.4 Å². The quantitative estimate of drug-likeness (QED) is 0.788. The van der Waals surface area contributed by atoms with Crippen LogP contribution in [0.4, 0.5) is 0 Å². The smallest absolute Gasteiger partial charge is 0.251 e. The minimum atomic E-state index is 0.0427. The molecule has 152 valence electrons. The van der Waals surface area contributed by atoms with Crippen molar-refractivity contribution in [1.82, 2.24) is 14.9 Å². The number of rotatable bonds is 2. The van der Waals surface area contributed by atoms with E-state index in [0.29, 0.717) is 6.54 Å². The van der Waals surface area contributed by atoms with E-state index in [1.54, 1.807) is 12.5 Å². The van der Waals surface area contributed by atoms with E-state index in [0.717, 1.165) is 45.8 Å². The lowest BCUT2D eigenvalue weighted by Gasteiger charge is -2.56. The SMILES string of the molecule is Cn1cncc1C#CC1=NCc2cc(C(=O)NC34CC5CC(CC(C5)C3)C4)ccc21. The number of fused-ring (bicyclic) bond motifs is 1. The Balaban J connectivity index is 1.20. The zero-order valence-corrected chi connectivity index (χ0v) is 17.3. The number of aryl methyl sites for hydroxylation is 1. The molecule has 2 aromatic rings. The first kappa shape index (κ1) is 17.9. The van der Waals surface area contributed by atoms with Crippen molar-refractivity contribution in [3.05, 3.63) is 53.1 Å². The Labute approximate surface area is 177 Å². The van der Waals surface area contributed by atoms with Gasteiger partial charge >= 0.3 is 0 Å². The predicted octanol–water partition coefficient (Wildman–Crippen LogP) is 3.47. The van der Waals surface area contributed by atoms with Crippen LogP contribution in [0.1, 0.15) is 65.7 Å². The van der Waals surface area contributed by atoms with Gasteiger partial charge in [0.2, 0.25) is 0 Å². The zero-order valence-electron chi connectivity index (χ0n) is 17.3. The van der Waals surface area contributed by atoms with Crippen molar-refractivity contribution in [2.24, 2.45) is 29.8 Å². The van der Waals surface area contributed by atoms with Crippen LogP contribution in [-0.2, 0) is 13.6 Å². The fraction of sp³-hybridized carbons (Fsp3) is 0.480. The Hall–Kier alpha value is -2.87. The minimum absolute atomic E-state index is 0.0427. The van der Waals surface area contributed by atoms with E-state index in [-0.39, 0.29) is 11.4 Å². The molecular formula is C25H26N4O. The number of nitrogens with one attached hydrogen (secondary N) is 1. The molecule has 5 aliphatic rings. The maximum Gasteiger partial charge on any atom is 0.251 e. The number of hydrogen-bond acceptors (Lipinski definition) is 3. The van der Waals surface area contributed by atoms with E-state index < -0.39 is 0 Å². The zero-order chi connectivity index (χ0) is 20.3. The fourth-order valence-corrected chi connectivity index (χ4v) is 6.63. The highest BCUT2D eigenvalue weighted by molar-refractivity contribution is 6.15. The second kappa shape index (κ2) is 6.57. The number of hydrogen-bond donors (Lipinski definition) is 1. The molecule has 0 atom stereocenters. The number of aliphatic imine (C=N–C) groups is 1. The number of amides is 1. The number of imidazole rings is 1. The Kier molecular flexibility index (Phi) is 3.93. The Morgan fingerprint density at radius 3 is 2.53 bits per heavy atom. The number of benzene rings is 1. The second-order valence-electron chi connectivity index (χ2n) is 9.83. The molecule has 7 rings (SSSR count). The van der Waals surface area contributed by atoms with Crippen LogP contribution in [-0.4, -0.2) is 26.7 Å². The van der Waals surface area contributed by atoms with E-state index in [2.05, 4.69) is 27.1 Å². The average molecular weight is 399 g/mol. The molecular weight excluding hydrogens is 372 g/mol. The maximum absolute atomic E-state index is 13.1. The highest BCUT2D eigenvalue weighted by Crippen LogP contribution is 2.55. The van der Waals surface area contributed by atoms with Crippen LogP contribution in [0, 0.1) is 29.6 Å². The molecule has 1 aliphatic heterocycles. The molecule has 1 amide bonds. The molecule has 1 aromatic heterocycles. The second-order valence-corrected chi connectivity index (χ2v) is 9.83. The van der Waals surface area contributed by atoms with Gasteiger partial charge in [-0.25, -0.2) is 4.98 Å². The number of aromatic nitrogens is 2. The molecule has 1 aromatic carbocycles. The highest BCUT2D eigenvalue weighted by atomic mass is 16.1. The molecule has 5 nitrogen and oxygen atoms in total. The Bertz CT molecular complexity index is 1090. The standard InChI is InChI=1S/C25H26N4O/c1-29-15-26-14-21(29)3-5-23-22-4-2-19(9-20(22)13-27-23)24(30)28-25-10-16-6-17(11-25)8-18(7-16)12-25/h2,4,9,14-18H,6-8,10-13H2,1H3,(H,28,30). The summed E-state index contributed by atoms with van der Waals surface area (Å²) in [4.78, 5) is 21.8. The molecule has 30 heavy (non-hydrogen) atoms. The van der Waals surface area contributed by atoms with Gasteiger partial charge in [0, 0.05) is 23.7 Å². The third-order valence-corrected chi connectivity index (χ3v) is 7.57. The lowest BCUT2D eigenvalue weighted by atomic mass is 9.53. The first-order valence-electron chi connectivity index (χ1n) is 11.1. The van der Waals surface area contributed by atoms with Crippen LogP contribution in [0.2, 0.25) is 0 Å². The van der Waals surface area contributed by atoms with Crippen molar-refractivity contribution in [1.29, 1.82) is 0 Å². The Morgan fingerprint density at radius 2 is 1.87 bits per heavy atom. The van der Waals surface area contributed by atoms with Gasteiger partial charge in [0.15, 0.2) is 0 Å². The van der Waals surface area contributed by atoms with Gasteiger partial charge in [-0.3, -0.25) is 9.79 Å². The molecule has 4 saturated carbocycles. The maximum atomic E-state index is 13.1. The summed E-state index contributed by atoms with van der Waals surface area (Å²) in [5.74, 6) is 8.86. The summed E-state index contributed by atoms with van der Waals surface area (Å²) in [7, 11) is 1.93.